The SMILES string of the molecule is C\C=C(F)/C(=C\C(=C\CC)C1CC1)C/C=C1/C(NCc2ccc(F)cc2)CCCCN1C. The first-order valence-electron chi connectivity index (χ1n) is 12.1. The molecule has 2 aliphatic rings. The second-order valence-electron chi connectivity index (χ2n) is 9.00. The Kier molecular flexibility index (Phi) is 9.28. The third-order valence-electron chi connectivity index (χ3n) is 6.42. The molecule has 1 unspecified atom stereocenters. The van der Waals surface area contributed by atoms with Gasteiger partial charge in [0.1, 0.15) is 11.6 Å². The van der Waals surface area contributed by atoms with Gasteiger partial charge < -0.3 is 10.2 Å². The van der Waals surface area contributed by atoms with Crippen molar-refractivity contribution in [3.8, 4) is 0 Å². The average molecular weight is 441 g/mol. The minimum absolute atomic E-state index is 0.128. The topological polar surface area (TPSA) is 15.3 Å². The summed E-state index contributed by atoms with van der Waals surface area (Å²) in [7, 11) is 2.13. The van der Waals surface area contributed by atoms with E-state index in [0.717, 1.165) is 43.4 Å². The third-order valence-corrected chi connectivity index (χ3v) is 6.42. The summed E-state index contributed by atoms with van der Waals surface area (Å²) >= 11 is 0. The van der Waals surface area contributed by atoms with Crippen LogP contribution in [0.25, 0.3) is 0 Å². The Hall–Kier alpha value is -2.20. The number of likely N-dealkylation sites (N-methyl/N-ethyl adjacent to an activating group) is 1. The summed E-state index contributed by atoms with van der Waals surface area (Å²) in [5.41, 5.74) is 4.35. The van der Waals surface area contributed by atoms with Crippen molar-refractivity contribution in [3.63, 3.8) is 0 Å². The molecule has 0 radical (unpaired) electrons. The molecular formula is C28H38F2N2. The molecule has 1 saturated heterocycles. The number of nitrogens with zero attached hydrogens (tertiary/aromatic N) is 1. The first kappa shape index (κ1) is 24.4. The molecule has 2 nitrogen and oxygen atoms in total. The lowest BCUT2D eigenvalue weighted by atomic mass is 10.0. The number of allylic oxidation sites excluding steroid dienone is 7. The summed E-state index contributed by atoms with van der Waals surface area (Å²) in [4.78, 5) is 2.31. The van der Waals surface area contributed by atoms with Gasteiger partial charge in [-0.25, -0.2) is 8.78 Å². The molecule has 3 rings (SSSR count). The molecule has 1 N–H and O–H groups in total. The predicted octanol–water partition coefficient (Wildman–Crippen LogP) is 7.22. The van der Waals surface area contributed by atoms with Crippen molar-refractivity contribution in [1.82, 2.24) is 10.2 Å². The Morgan fingerprint density at radius 1 is 1.16 bits per heavy atom. The zero-order valence-corrected chi connectivity index (χ0v) is 19.8. The van der Waals surface area contributed by atoms with Crippen LogP contribution in [0, 0.1) is 11.7 Å². The van der Waals surface area contributed by atoms with Crippen molar-refractivity contribution in [1.29, 1.82) is 0 Å². The maximum absolute atomic E-state index is 14.8. The van der Waals surface area contributed by atoms with Crippen LogP contribution >= 0.6 is 0 Å². The minimum atomic E-state index is -0.212. The largest absolute Gasteiger partial charge is 0.377 e. The molecule has 2 fully saturated rings. The number of hydrogen-bond acceptors (Lipinski definition) is 2. The van der Waals surface area contributed by atoms with E-state index < -0.39 is 0 Å². The van der Waals surface area contributed by atoms with Crippen molar-refractivity contribution in [2.45, 2.75) is 71.4 Å². The highest BCUT2D eigenvalue weighted by molar-refractivity contribution is 5.38. The Morgan fingerprint density at radius 3 is 2.56 bits per heavy atom. The molecule has 1 heterocycles. The fourth-order valence-corrected chi connectivity index (χ4v) is 4.41. The van der Waals surface area contributed by atoms with E-state index in [0.29, 0.717) is 18.9 Å². The summed E-state index contributed by atoms with van der Waals surface area (Å²) in [6, 6.07) is 6.87. The lowest BCUT2D eigenvalue weighted by molar-refractivity contribution is 0.385. The molecule has 0 amide bonds. The smallest absolute Gasteiger partial charge is 0.123 e. The van der Waals surface area contributed by atoms with Gasteiger partial charge in [0.2, 0.25) is 0 Å². The predicted molar refractivity (Wildman–Crippen MR) is 130 cm³/mol. The van der Waals surface area contributed by atoms with Gasteiger partial charge in [0.15, 0.2) is 0 Å². The van der Waals surface area contributed by atoms with Crippen LogP contribution in [0.15, 0.2) is 71.2 Å². The first-order valence-corrected chi connectivity index (χ1v) is 12.1. The normalized spacial score (nSPS) is 22.4. The van der Waals surface area contributed by atoms with Crippen LogP contribution in [0.2, 0.25) is 0 Å². The number of halogens is 2. The van der Waals surface area contributed by atoms with Crippen molar-refractivity contribution in [2.75, 3.05) is 13.6 Å². The summed E-state index contributed by atoms with van der Waals surface area (Å²) in [5, 5.41) is 3.66. The van der Waals surface area contributed by atoms with E-state index in [9.17, 15) is 8.78 Å². The second-order valence-corrected chi connectivity index (χ2v) is 9.00. The van der Waals surface area contributed by atoms with Gasteiger partial charge in [-0.2, -0.15) is 0 Å². The highest BCUT2D eigenvalue weighted by Crippen LogP contribution is 2.38. The van der Waals surface area contributed by atoms with Crippen LogP contribution in [-0.4, -0.2) is 24.5 Å². The third kappa shape index (κ3) is 7.16. The lowest BCUT2D eigenvalue weighted by Crippen LogP contribution is -2.35. The van der Waals surface area contributed by atoms with Crippen LogP contribution in [0.3, 0.4) is 0 Å². The number of likely N-dealkylation sites (tertiary alicyclic amines) is 1. The average Bonchev–Trinajstić information content (AvgIpc) is 3.64. The maximum atomic E-state index is 14.8. The molecule has 4 heteroatoms. The Morgan fingerprint density at radius 2 is 1.91 bits per heavy atom. The molecule has 1 aliphatic carbocycles. The van der Waals surface area contributed by atoms with Crippen LogP contribution in [0.1, 0.15) is 64.4 Å². The van der Waals surface area contributed by atoms with Gasteiger partial charge in [0, 0.05) is 31.9 Å². The number of rotatable bonds is 9. The number of benzene rings is 1. The molecule has 1 aromatic rings. The van der Waals surface area contributed by atoms with Crippen LogP contribution in [0.5, 0.6) is 0 Å². The highest BCUT2D eigenvalue weighted by atomic mass is 19.1. The van der Waals surface area contributed by atoms with Crippen molar-refractivity contribution in [2.24, 2.45) is 5.92 Å². The van der Waals surface area contributed by atoms with E-state index in [2.05, 4.69) is 42.4 Å². The van der Waals surface area contributed by atoms with E-state index in [4.69, 9.17) is 0 Å². The Labute approximate surface area is 192 Å². The lowest BCUT2D eigenvalue weighted by Gasteiger charge is -2.27. The quantitative estimate of drug-likeness (QED) is 0.408. The first-order chi connectivity index (χ1) is 15.5. The molecule has 1 saturated carbocycles. The number of nitrogens with one attached hydrogen (secondary N) is 1. The van der Waals surface area contributed by atoms with E-state index in [1.54, 1.807) is 13.0 Å². The summed E-state index contributed by atoms with van der Waals surface area (Å²) < 4.78 is 28.0. The standard InChI is InChI=1S/C28H38F2N2/c1-4-8-23(22-12-13-22)19-24(26(30)5-2)14-17-28-27(9-6-7-18-32(28)3)31-20-21-10-15-25(29)16-11-21/h5,8,10-11,15-17,19,22,27,31H,4,6-7,9,12-14,18,20H2,1-3H3/b23-8-,24-19-,26-5+,28-17-. The van der Waals surface area contributed by atoms with E-state index in [-0.39, 0.29) is 17.7 Å². The van der Waals surface area contributed by atoms with Gasteiger partial charge in [-0.3, -0.25) is 0 Å². The van der Waals surface area contributed by atoms with Gasteiger partial charge in [-0.1, -0.05) is 43.4 Å². The van der Waals surface area contributed by atoms with Crippen molar-refractivity contribution < 1.29 is 8.78 Å². The van der Waals surface area contributed by atoms with Gasteiger partial charge in [0.05, 0.1) is 0 Å². The van der Waals surface area contributed by atoms with E-state index in [1.807, 2.05) is 12.1 Å². The van der Waals surface area contributed by atoms with Crippen LogP contribution < -0.4 is 5.32 Å². The van der Waals surface area contributed by atoms with Crippen molar-refractivity contribution >= 4 is 0 Å². The Balaban J connectivity index is 1.79. The highest BCUT2D eigenvalue weighted by Gasteiger charge is 2.25. The fraction of sp³-hybridized carbons (Fsp3) is 0.500. The van der Waals surface area contributed by atoms with Gasteiger partial charge in [-0.15, -0.1) is 0 Å². The van der Waals surface area contributed by atoms with E-state index in [1.165, 1.54) is 36.2 Å². The summed E-state index contributed by atoms with van der Waals surface area (Å²) in [6.07, 6.45) is 15.5. The van der Waals surface area contributed by atoms with E-state index >= 15 is 0 Å². The summed E-state index contributed by atoms with van der Waals surface area (Å²) in [6.45, 7) is 5.60. The van der Waals surface area contributed by atoms with Crippen molar-refractivity contribution in [3.05, 3.63) is 82.6 Å². The molecule has 1 atom stereocenters. The molecule has 32 heavy (non-hydrogen) atoms. The van der Waals surface area contributed by atoms with Crippen LogP contribution in [-0.2, 0) is 6.54 Å². The Bertz CT molecular complexity index is 860. The second kappa shape index (κ2) is 12.2. The molecule has 1 aliphatic heterocycles. The molecule has 0 bridgehead atoms. The van der Waals surface area contributed by atoms with Crippen LogP contribution in [0.4, 0.5) is 8.78 Å². The summed E-state index contributed by atoms with van der Waals surface area (Å²) in [5.74, 6) is 0.265. The zero-order chi connectivity index (χ0) is 22.9. The fourth-order valence-electron chi connectivity index (χ4n) is 4.41. The van der Waals surface area contributed by atoms with Gasteiger partial charge >= 0.3 is 0 Å². The molecular weight excluding hydrogens is 402 g/mol. The molecule has 0 aromatic heterocycles. The molecule has 174 valence electrons. The zero-order valence-electron chi connectivity index (χ0n) is 19.8. The maximum Gasteiger partial charge on any atom is 0.123 e. The molecule has 1 aromatic carbocycles. The minimum Gasteiger partial charge on any atom is -0.377 e. The number of hydrogen-bond donors (Lipinski definition) is 1. The van der Waals surface area contributed by atoms with Gasteiger partial charge in [-0.05, 0) is 86.6 Å². The van der Waals surface area contributed by atoms with Gasteiger partial charge in [0.25, 0.3) is 0 Å². The molecule has 0 spiro atoms. The monoisotopic (exact) mass is 440 g/mol.